The second-order valence-corrected chi connectivity index (χ2v) is 5.98. The van der Waals surface area contributed by atoms with Crippen LogP contribution in [-0.4, -0.2) is 57.1 Å². The number of hydrogen-bond acceptors (Lipinski definition) is 3. The molecule has 0 amide bonds. The van der Waals surface area contributed by atoms with E-state index in [1.54, 1.807) is 0 Å². The van der Waals surface area contributed by atoms with Crippen LogP contribution in [0.15, 0.2) is 0 Å². The molecule has 0 aliphatic carbocycles. The van der Waals surface area contributed by atoms with Gasteiger partial charge in [-0.05, 0) is 78.4 Å². The van der Waals surface area contributed by atoms with Crippen LogP contribution in [0.1, 0.15) is 33.1 Å². The fraction of sp³-hybridized carbons (Fsp3) is 1.00. The highest BCUT2D eigenvalue weighted by Gasteiger charge is 2.10. The molecule has 1 atom stereocenters. The summed E-state index contributed by atoms with van der Waals surface area (Å²) in [6.45, 7) is 8.95. The maximum Gasteiger partial charge on any atom is -0.000960 e. The van der Waals surface area contributed by atoms with Crippen molar-refractivity contribution in [2.75, 3.05) is 47.3 Å². The van der Waals surface area contributed by atoms with Gasteiger partial charge >= 0.3 is 0 Å². The van der Waals surface area contributed by atoms with Crippen LogP contribution in [0.2, 0.25) is 0 Å². The van der Waals surface area contributed by atoms with Gasteiger partial charge in [-0.25, -0.2) is 0 Å². The summed E-state index contributed by atoms with van der Waals surface area (Å²) in [5.41, 5.74) is 5.82. The minimum absolute atomic E-state index is 0.700. The zero-order valence-electron chi connectivity index (χ0n) is 12.6. The summed E-state index contributed by atoms with van der Waals surface area (Å²) >= 11 is 0. The maximum atomic E-state index is 5.82. The van der Waals surface area contributed by atoms with E-state index >= 15 is 0 Å². The van der Waals surface area contributed by atoms with Crippen molar-refractivity contribution in [3.05, 3.63) is 0 Å². The van der Waals surface area contributed by atoms with Crippen molar-refractivity contribution < 1.29 is 0 Å². The number of rotatable bonds is 10. The van der Waals surface area contributed by atoms with Gasteiger partial charge in [0, 0.05) is 0 Å². The normalized spacial score (nSPS) is 13.9. The van der Waals surface area contributed by atoms with Crippen molar-refractivity contribution in [2.24, 2.45) is 17.6 Å². The molecule has 0 bridgehead atoms. The Morgan fingerprint density at radius 3 is 2.12 bits per heavy atom. The van der Waals surface area contributed by atoms with Gasteiger partial charge in [-0.15, -0.1) is 0 Å². The average Bonchev–Trinajstić information content (AvgIpc) is 2.23. The SMILES string of the molecule is CC(C)CC(CN)CCN(C)CCCN(C)C. The molecule has 17 heavy (non-hydrogen) atoms. The highest BCUT2D eigenvalue weighted by Crippen LogP contribution is 2.14. The van der Waals surface area contributed by atoms with Crippen LogP contribution in [-0.2, 0) is 0 Å². The number of nitrogens with zero attached hydrogens (tertiary/aromatic N) is 2. The lowest BCUT2D eigenvalue weighted by Gasteiger charge is -2.22. The molecule has 3 heteroatoms. The smallest absolute Gasteiger partial charge is 0.000960 e. The fourth-order valence-corrected chi connectivity index (χ4v) is 2.17. The summed E-state index contributed by atoms with van der Waals surface area (Å²) in [4.78, 5) is 4.68. The third-order valence-electron chi connectivity index (χ3n) is 3.20. The summed E-state index contributed by atoms with van der Waals surface area (Å²) < 4.78 is 0. The molecule has 104 valence electrons. The van der Waals surface area contributed by atoms with Gasteiger partial charge in [-0.2, -0.15) is 0 Å². The highest BCUT2D eigenvalue weighted by atomic mass is 15.1. The van der Waals surface area contributed by atoms with Crippen molar-refractivity contribution >= 4 is 0 Å². The lowest BCUT2D eigenvalue weighted by molar-refractivity contribution is 0.268. The third kappa shape index (κ3) is 10.7. The minimum Gasteiger partial charge on any atom is -0.330 e. The largest absolute Gasteiger partial charge is 0.330 e. The predicted octanol–water partition coefficient (Wildman–Crippen LogP) is 1.88. The minimum atomic E-state index is 0.700. The first-order chi connectivity index (χ1) is 7.95. The van der Waals surface area contributed by atoms with E-state index in [4.69, 9.17) is 5.73 Å². The number of hydrogen-bond donors (Lipinski definition) is 1. The quantitative estimate of drug-likeness (QED) is 0.636. The summed E-state index contributed by atoms with van der Waals surface area (Å²) in [5.74, 6) is 1.47. The molecular weight excluding hydrogens is 210 g/mol. The topological polar surface area (TPSA) is 32.5 Å². The standard InChI is InChI=1S/C14H33N3/c1-13(2)11-14(12-15)7-10-17(5)9-6-8-16(3)4/h13-14H,6-12,15H2,1-5H3. The highest BCUT2D eigenvalue weighted by molar-refractivity contribution is 4.65. The molecule has 3 nitrogen and oxygen atoms in total. The molecule has 1 unspecified atom stereocenters. The van der Waals surface area contributed by atoms with E-state index in [0.29, 0.717) is 5.92 Å². The van der Waals surface area contributed by atoms with Crippen LogP contribution in [0.5, 0.6) is 0 Å². The predicted molar refractivity (Wildman–Crippen MR) is 77.3 cm³/mol. The van der Waals surface area contributed by atoms with E-state index in [1.165, 1.54) is 38.9 Å². The molecule has 0 fully saturated rings. The average molecular weight is 243 g/mol. The van der Waals surface area contributed by atoms with Gasteiger partial charge in [0.05, 0.1) is 0 Å². The lowest BCUT2D eigenvalue weighted by Crippen LogP contribution is -2.27. The van der Waals surface area contributed by atoms with E-state index < -0.39 is 0 Å². The Morgan fingerprint density at radius 2 is 1.65 bits per heavy atom. The number of nitrogens with two attached hydrogens (primary N) is 1. The summed E-state index contributed by atoms with van der Waals surface area (Å²) in [6, 6.07) is 0. The van der Waals surface area contributed by atoms with Crippen molar-refractivity contribution in [3.63, 3.8) is 0 Å². The molecule has 0 aliphatic rings. The lowest BCUT2D eigenvalue weighted by atomic mass is 9.94. The zero-order valence-corrected chi connectivity index (χ0v) is 12.6. The first-order valence-corrected chi connectivity index (χ1v) is 6.99. The Labute approximate surface area is 108 Å². The zero-order chi connectivity index (χ0) is 13.3. The molecule has 0 aromatic rings. The molecule has 0 rings (SSSR count). The van der Waals surface area contributed by atoms with Gasteiger partial charge in [0.2, 0.25) is 0 Å². The van der Waals surface area contributed by atoms with Gasteiger partial charge in [-0.3, -0.25) is 0 Å². The summed E-state index contributed by atoms with van der Waals surface area (Å²) in [7, 11) is 6.48. The monoisotopic (exact) mass is 243 g/mol. The van der Waals surface area contributed by atoms with E-state index in [2.05, 4.69) is 44.8 Å². The summed E-state index contributed by atoms with van der Waals surface area (Å²) in [5, 5.41) is 0. The van der Waals surface area contributed by atoms with Crippen LogP contribution in [0, 0.1) is 11.8 Å². The van der Waals surface area contributed by atoms with Gasteiger partial charge in [0.25, 0.3) is 0 Å². The van der Waals surface area contributed by atoms with E-state index in [1.807, 2.05) is 0 Å². The Hall–Kier alpha value is -0.120. The van der Waals surface area contributed by atoms with Crippen molar-refractivity contribution in [3.8, 4) is 0 Å². The van der Waals surface area contributed by atoms with Gasteiger partial charge in [-0.1, -0.05) is 13.8 Å². The van der Waals surface area contributed by atoms with Gasteiger partial charge < -0.3 is 15.5 Å². The van der Waals surface area contributed by atoms with Crippen molar-refractivity contribution in [1.82, 2.24) is 9.80 Å². The molecule has 0 aromatic heterocycles. The van der Waals surface area contributed by atoms with Gasteiger partial charge in [0.15, 0.2) is 0 Å². The Balaban J connectivity index is 3.62. The second kappa shape index (κ2) is 9.86. The third-order valence-corrected chi connectivity index (χ3v) is 3.20. The van der Waals surface area contributed by atoms with Crippen molar-refractivity contribution in [1.29, 1.82) is 0 Å². The van der Waals surface area contributed by atoms with Crippen molar-refractivity contribution in [2.45, 2.75) is 33.1 Å². The van der Waals surface area contributed by atoms with Crippen LogP contribution in [0.3, 0.4) is 0 Å². The van der Waals surface area contributed by atoms with E-state index in [0.717, 1.165) is 12.5 Å². The molecule has 0 spiro atoms. The molecule has 2 N–H and O–H groups in total. The molecule has 0 aromatic carbocycles. The van der Waals surface area contributed by atoms with Crippen LogP contribution >= 0.6 is 0 Å². The van der Waals surface area contributed by atoms with E-state index in [-0.39, 0.29) is 0 Å². The molecule has 0 aliphatic heterocycles. The first-order valence-electron chi connectivity index (χ1n) is 6.99. The molecule has 0 saturated heterocycles. The second-order valence-electron chi connectivity index (χ2n) is 5.98. The Kier molecular flexibility index (Phi) is 9.79. The first kappa shape index (κ1) is 16.9. The summed E-state index contributed by atoms with van der Waals surface area (Å²) in [6.07, 6.45) is 3.76. The van der Waals surface area contributed by atoms with Crippen LogP contribution < -0.4 is 5.73 Å². The Morgan fingerprint density at radius 1 is 1.00 bits per heavy atom. The van der Waals surface area contributed by atoms with E-state index in [9.17, 15) is 0 Å². The molecule has 0 heterocycles. The molecule has 0 saturated carbocycles. The Bertz CT molecular complexity index is 169. The maximum absolute atomic E-state index is 5.82. The molecular formula is C14H33N3. The van der Waals surface area contributed by atoms with Crippen LogP contribution in [0.4, 0.5) is 0 Å². The molecule has 0 radical (unpaired) electrons. The fourth-order valence-electron chi connectivity index (χ4n) is 2.17. The van der Waals surface area contributed by atoms with Crippen LogP contribution in [0.25, 0.3) is 0 Å². The van der Waals surface area contributed by atoms with Gasteiger partial charge in [0.1, 0.15) is 0 Å².